The summed E-state index contributed by atoms with van der Waals surface area (Å²) in [5, 5.41) is 2.40. The predicted octanol–water partition coefficient (Wildman–Crippen LogP) is 2.68. The third-order valence-electron chi connectivity index (χ3n) is 2.90. The first-order valence-corrected chi connectivity index (χ1v) is 8.62. The van der Waals surface area contributed by atoms with Crippen molar-refractivity contribution in [3.05, 3.63) is 51.2 Å². The largest absolute Gasteiger partial charge is 0.326 e. The quantitative estimate of drug-likeness (QED) is 0.916. The molecule has 1 heterocycles. The van der Waals surface area contributed by atoms with Gasteiger partial charge in [-0.05, 0) is 35.2 Å². The van der Waals surface area contributed by atoms with E-state index in [4.69, 9.17) is 17.3 Å². The van der Waals surface area contributed by atoms with Gasteiger partial charge in [0.15, 0.2) is 0 Å². The van der Waals surface area contributed by atoms with E-state index in [9.17, 15) is 8.42 Å². The van der Waals surface area contributed by atoms with Crippen molar-refractivity contribution in [3.63, 3.8) is 0 Å². The number of benzene rings is 1. The van der Waals surface area contributed by atoms with Crippen molar-refractivity contribution in [2.45, 2.75) is 18.0 Å². The van der Waals surface area contributed by atoms with Crippen LogP contribution in [-0.2, 0) is 23.1 Å². The Morgan fingerprint density at radius 2 is 2.10 bits per heavy atom. The van der Waals surface area contributed by atoms with E-state index in [1.54, 1.807) is 13.1 Å². The minimum Gasteiger partial charge on any atom is -0.326 e. The van der Waals surface area contributed by atoms with Gasteiger partial charge >= 0.3 is 0 Å². The van der Waals surface area contributed by atoms with Crippen LogP contribution < -0.4 is 5.73 Å². The Balaban J connectivity index is 2.29. The van der Waals surface area contributed by atoms with Crippen molar-refractivity contribution in [2.75, 3.05) is 7.05 Å². The summed E-state index contributed by atoms with van der Waals surface area (Å²) in [7, 11) is -1.98. The molecule has 0 atom stereocenters. The first kappa shape index (κ1) is 15.5. The highest BCUT2D eigenvalue weighted by atomic mass is 35.5. The molecular weight excluding hydrogens is 316 g/mol. The average Bonchev–Trinajstić information content (AvgIpc) is 2.91. The Labute approximate surface area is 127 Å². The molecule has 0 fully saturated rings. The summed E-state index contributed by atoms with van der Waals surface area (Å²) in [6.45, 7) is 0.553. The van der Waals surface area contributed by atoms with Crippen LogP contribution in [0, 0.1) is 0 Å². The fourth-order valence-electron chi connectivity index (χ4n) is 1.75. The minimum atomic E-state index is -3.54. The Kier molecular flexibility index (Phi) is 4.82. The van der Waals surface area contributed by atoms with E-state index in [0.29, 0.717) is 17.1 Å². The van der Waals surface area contributed by atoms with E-state index in [-0.39, 0.29) is 11.4 Å². The van der Waals surface area contributed by atoms with E-state index >= 15 is 0 Å². The van der Waals surface area contributed by atoms with Crippen LogP contribution in [0.15, 0.2) is 40.6 Å². The second-order valence-corrected chi connectivity index (χ2v) is 7.78. The molecule has 4 nitrogen and oxygen atoms in total. The highest BCUT2D eigenvalue weighted by Gasteiger charge is 2.22. The van der Waals surface area contributed by atoms with Crippen LogP contribution in [0.5, 0.6) is 0 Å². The van der Waals surface area contributed by atoms with Gasteiger partial charge < -0.3 is 5.73 Å². The molecule has 2 N–H and O–H groups in total. The molecule has 0 aliphatic rings. The summed E-state index contributed by atoms with van der Waals surface area (Å²) in [6.07, 6.45) is 0. The standard InChI is InChI=1S/C13H15ClN2O2S2/c1-16(9-11-3-2-6-19-11)20(17,18)12-4-5-13(14)10(7-12)8-15/h2-7H,8-9,15H2,1H3. The maximum absolute atomic E-state index is 12.5. The predicted molar refractivity (Wildman–Crippen MR) is 82.3 cm³/mol. The number of nitrogens with two attached hydrogens (primary N) is 1. The SMILES string of the molecule is CN(Cc1cccs1)S(=O)(=O)c1ccc(Cl)c(CN)c1. The lowest BCUT2D eigenvalue weighted by Gasteiger charge is -2.17. The van der Waals surface area contributed by atoms with Gasteiger partial charge in [-0.3, -0.25) is 0 Å². The number of halogens is 1. The Morgan fingerprint density at radius 3 is 2.70 bits per heavy atom. The highest BCUT2D eigenvalue weighted by Crippen LogP contribution is 2.23. The lowest BCUT2D eigenvalue weighted by Crippen LogP contribution is -2.26. The lowest BCUT2D eigenvalue weighted by atomic mass is 10.2. The van der Waals surface area contributed by atoms with Crippen molar-refractivity contribution >= 4 is 33.0 Å². The molecule has 0 unspecified atom stereocenters. The van der Waals surface area contributed by atoms with E-state index in [1.807, 2.05) is 17.5 Å². The average molecular weight is 331 g/mol. The lowest BCUT2D eigenvalue weighted by molar-refractivity contribution is 0.469. The zero-order valence-electron chi connectivity index (χ0n) is 10.9. The van der Waals surface area contributed by atoms with Gasteiger partial charge in [0, 0.05) is 30.0 Å². The third kappa shape index (κ3) is 3.21. The molecule has 0 amide bonds. The second-order valence-electron chi connectivity index (χ2n) is 4.30. The fraction of sp³-hybridized carbons (Fsp3) is 0.231. The molecule has 0 aliphatic carbocycles. The highest BCUT2D eigenvalue weighted by molar-refractivity contribution is 7.89. The number of hydrogen-bond donors (Lipinski definition) is 1. The summed E-state index contributed by atoms with van der Waals surface area (Å²) >= 11 is 7.48. The second kappa shape index (κ2) is 6.24. The van der Waals surface area contributed by atoms with Gasteiger partial charge in [0.25, 0.3) is 0 Å². The molecule has 0 saturated carbocycles. The molecule has 2 aromatic rings. The van der Waals surface area contributed by atoms with Gasteiger partial charge in [-0.1, -0.05) is 17.7 Å². The fourth-order valence-corrected chi connectivity index (χ4v) is 3.99. The number of hydrogen-bond acceptors (Lipinski definition) is 4. The summed E-state index contributed by atoms with van der Waals surface area (Å²) < 4.78 is 26.3. The van der Waals surface area contributed by atoms with Gasteiger partial charge in [0.2, 0.25) is 10.0 Å². The van der Waals surface area contributed by atoms with Gasteiger partial charge in [-0.25, -0.2) is 8.42 Å². The van der Waals surface area contributed by atoms with Crippen LogP contribution in [0.4, 0.5) is 0 Å². The molecular formula is C13H15ClN2O2S2. The van der Waals surface area contributed by atoms with Gasteiger partial charge in [0.05, 0.1) is 4.90 Å². The van der Waals surface area contributed by atoms with Crippen LogP contribution in [-0.4, -0.2) is 19.8 Å². The maximum Gasteiger partial charge on any atom is 0.243 e. The number of thiophene rings is 1. The minimum absolute atomic E-state index is 0.205. The zero-order valence-corrected chi connectivity index (χ0v) is 13.3. The Bertz CT molecular complexity index is 684. The van der Waals surface area contributed by atoms with Crippen LogP contribution in [0.2, 0.25) is 5.02 Å². The number of rotatable bonds is 5. The van der Waals surface area contributed by atoms with Crippen molar-refractivity contribution in [3.8, 4) is 0 Å². The van der Waals surface area contributed by atoms with E-state index in [0.717, 1.165) is 4.88 Å². The molecule has 1 aromatic heterocycles. The smallest absolute Gasteiger partial charge is 0.243 e. The van der Waals surface area contributed by atoms with Crippen molar-refractivity contribution in [1.82, 2.24) is 4.31 Å². The monoisotopic (exact) mass is 330 g/mol. The maximum atomic E-state index is 12.5. The molecule has 7 heteroatoms. The van der Waals surface area contributed by atoms with Crippen LogP contribution in [0.3, 0.4) is 0 Å². The summed E-state index contributed by atoms with van der Waals surface area (Å²) in [5.41, 5.74) is 6.18. The van der Waals surface area contributed by atoms with E-state index in [1.165, 1.54) is 27.8 Å². The van der Waals surface area contributed by atoms with Crippen molar-refractivity contribution in [1.29, 1.82) is 0 Å². The van der Waals surface area contributed by atoms with E-state index in [2.05, 4.69) is 0 Å². The van der Waals surface area contributed by atoms with E-state index < -0.39 is 10.0 Å². The molecule has 0 bridgehead atoms. The first-order chi connectivity index (χ1) is 9.45. The molecule has 0 spiro atoms. The normalized spacial score (nSPS) is 12.0. The third-order valence-corrected chi connectivity index (χ3v) is 5.93. The topological polar surface area (TPSA) is 63.4 Å². The Hall–Kier alpha value is -0.920. The molecule has 0 aliphatic heterocycles. The first-order valence-electron chi connectivity index (χ1n) is 5.92. The molecule has 2 rings (SSSR count). The molecule has 1 aromatic carbocycles. The number of sulfonamides is 1. The Morgan fingerprint density at radius 1 is 1.35 bits per heavy atom. The molecule has 108 valence electrons. The number of nitrogens with zero attached hydrogens (tertiary/aromatic N) is 1. The molecule has 20 heavy (non-hydrogen) atoms. The van der Waals surface area contributed by atoms with Gasteiger partial charge in [-0.2, -0.15) is 4.31 Å². The molecule has 0 radical (unpaired) electrons. The molecule has 0 saturated heterocycles. The van der Waals surface area contributed by atoms with Crippen LogP contribution in [0.1, 0.15) is 10.4 Å². The summed E-state index contributed by atoms with van der Waals surface area (Å²) in [4.78, 5) is 1.20. The van der Waals surface area contributed by atoms with Gasteiger partial charge in [-0.15, -0.1) is 11.3 Å². The van der Waals surface area contributed by atoms with Crippen molar-refractivity contribution < 1.29 is 8.42 Å². The van der Waals surface area contributed by atoms with Crippen LogP contribution in [0.25, 0.3) is 0 Å². The van der Waals surface area contributed by atoms with Crippen LogP contribution >= 0.6 is 22.9 Å². The summed E-state index contributed by atoms with van der Waals surface area (Å²) in [5.74, 6) is 0. The van der Waals surface area contributed by atoms with Crippen molar-refractivity contribution in [2.24, 2.45) is 5.73 Å². The van der Waals surface area contributed by atoms with Gasteiger partial charge in [0.1, 0.15) is 0 Å². The summed E-state index contributed by atoms with van der Waals surface area (Å²) in [6, 6.07) is 8.40. The zero-order chi connectivity index (χ0) is 14.8.